The second-order valence-corrected chi connectivity index (χ2v) is 12.0. The molecule has 1 atom stereocenters. The van der Waals surface area contributed by atoms with Crippen molar-refractivity contribution >= 4 is 29.2 Å². The van der Waals surface area contributed by atoms with Gasteiger partial charge in [-0.05, 0) is 62.4 Å². The number of likely N-dealkylation sites (tertiary alicyclic amines) is 3. The van der Waals surface area contributed by atoms with Crippen molar-refractivity contribution in [2.75, 3.05) is 39.3 Å². The lowest BCUT2D eigenvalue weighted by Gasteiger charge is -2.47. The highest BCUT2D eigenvalue weighted by molar-refractivity contribution is 7.09. The summed E-state index contributed by atoms with van der Waals surface area (Å²) in [6, 6.07) is 8.55. The highest BCUT2D eigenvalue weighted by atomic mass is 32.1. The highest BCUT2D eigenvalue weighted by Crippen LogP contribution is 2.58. The van der Waals surface area contributed by atoms with Crippen molar-refractivity contribution in [1.29, 1.82) is 0 Å². The quantitative estimate of drug-likeness (QED) is 0.446. The van der Waals surface area contributed by atoms with Crippen molar-refractivity contribution in [3.05, 3.63) is 52.5 Å². The third-order valence-corrected chi connectivity index (χ3v) is 9.17. The molecule has 1 amide bonds. The number of pyridine rings is 1. The molecule has 5 rings (SSSR count). The van der Waals surface area contributed by atoms with Crippen molar-refractivity contribution in [1.82, 2.24) is 19.7 Å². The first-order valence-corrected chi connectivity index (χ1v) is 14.7. The van der Waals surface area contributed by atoms with E-state index in [-0.39, 0.29) is 10.8 Å². The Hall–Kier alpha value is -3.24. The van der Waals surface area contributed by atoms with Gasteiger partial charge in [-0.15, -0.1) is 11.3 Å². The van der Waals surface area contributed by atoms with Crippen LogP contribution < -0.4 is 0 Å². The molecular weight excluding hydrogens is 618 g/mol. The number of alkyl halides is 6. The summed E-state index contributed by atoms with van der Waals surface area (Å²) in [7, 11) is 0. The topological polar surface area (TPSA) is 114 Å². The summed E-state index contributed by atoms with van der Waals surface area (Å²) in [5, 5.41) is 16.4. The predicted molar refractivity (Wildman–Crippen MR) is 147 cm³/mol. The Morgan fingerprint density at radius 1 is 0.909 bits per heavy atom. The first-order chi connectivity index (χ1) is 20.5. The first kappa shape index (κ1) is 35.2. The smallest absolute Gasteiger partial charge is 0.475 e. The maximum absolute atomic E-state index is 13.6. The van der Waals surface area contributed by atoms with Crippen molar-refractivity contribution < 1.29 is 50.9 Å². The van der Waals surface area contributed by atoms with Gasteiger partial charge in [-0.25, -0.2) is 9.59 Å². The van der Waals surface area contributed by atoms with Crippen molar-refractivity contribution in [2.24, 2.45) is 10.8 Å². The first-order valence-electron chi connectivity index (χ1n) is 13.8. The van der Waals surface area contributed by atoms with E-state index in [1.165, 1.54) is 10.4 Å². The van der Waals surface area contributed by atoms with Gasteiger partial charge < -0.3 is 15.1 Å². The molecule has 2 aromatic rings. The molecule has 3 saturated heterocycles. The number of thiophene rings is 1. The van der Waals surface area contributed by atoms with Gasteiger partial charge in [-0.3, -0.25) is 19.6 Å². The van der Waals surface area contributed by atoms with Crippen LogP contribution in [0.5, 0.6) is 0 Å². The number of nitrogens with zero attached hydrogens (tertiary/aromatic N) is 4. The van der Waals surface area contributed by atoms with E-state index in [2.05, 4.69) is 50.2 Å². The standard InChI is InChI=1S/C24H32N4OS.2C2HF3O2/c1-2-28-13-9-24(22(28)29)19-27(16-20-5-3-10-25-15-20)18-23(24)7-11-26(12-8-23)17-21-6-4-14-30-21;2*3-2(4,5)1(6)7/h3-6,10,14-15H,2,7-9,11-13,16-19H2,1H3;2*(H,6,7). The number of carbonyl (C=O) groups excluding carboxylic acids is 1. The second kappa shape index (κ2) is 14.2. The third kappa shape index (κ3) is 8.47. The molecular formula is C28H34F6N4O5S. The van der Waals surface area contributed by atoms with Crippen molar-refractivity contribution in [3.8, 4) is 0 Å². The van der Waals surface area contributed by atoms with Gasteiger partial charge in [0.25, 0.3) is 0 Å². The molecule has 3 fully saturated rings. The molecule has 9 nitrogen and oxygen atoms in total. The number of carboxylic acids is 2. The van der Waals surface area contributed by atoms with Crippen molar-refractivity contribution in [2.45, 2.75) is 51.6 Å². The van der Waals surface area contributed by atoms with Gasteiger partial charge in [0, 0.05) is 62.0 Å². The minimum Gasteiger partial charge on any atom is -0.475 e. The van der Waals surface area contributed by atoms with Crippen LogP contribution in [0.4, 0.5) is 26.3 Å². The normalized spacial score (nSPS) is 22.0. The van der Waals surface area contributed by atoms with Gasteiger partial charge in [-0.2, -0.15) is 26.3 Å². The van der Waals surface area contributed by atoms with Crippen LogP contribution in [-0.2, 0) is 27.5 Å². The fraction of sp³-hybridized carbons (Fsp3) is 0.571. The molecule has 5 heterocycles. The molecule has 2 spiro atoms. The molecule has 0 saturated carbocycles. The maximum Gasteiger partial charge on any atom is 0.490 e. The lowest BCUT2D eigenvalue weighted by Crippen LogP contribution is -2.52. The summed E-state index contributed by atoms with van der Waals surface area (Å²) < 4.78 is 63.5. The van der Waals surface area contributed by atoms with E-state index in [1.807, 2.05) is 29.8 Å². The number of rotatable bonds is 5. The van der Waals surface area contributed by atoms with Gasteiger partial charge in [0.2, 0.25) is 5.91 Å². The zero-order valence-corrected chi connectivity index (χ0v) is 24.7. The molecule has 0 radical (unpaired) electrons. The molecule has 244 valence electrons. The molecule has 0 aromatic carbocycles. The summed E-state index contributed by atoms with van der Waals surface area (Å²) in [5.41, 5.74) is 1.17. The Labute approximate surface area is 254 Å². The number of carbonyl (C=O) groups is 3. The van der Waals surface area contributed by atoms with Gasteiger partial charge in [0.1, 0.15) is 0 Å². The largest absolute Gasteiger partial charge is 0.490 e. The Morgan fingerprint density at radius 2 is 1.52 bits per heavy atom. The lowest BCUT2D eigenvalue weighted by atomic mass is 9.60. The van der Waals surface area contributed by atoms with Crippen LogP contribution >= 0.6 is 11.3 Å². The molecule has 1 unspecified atom stereocenters. The number of carboxylic acid groups (broad SMARTS) is 2. The second-order valence-electron chi connectivity index (χ2n) is 11.0. The van der Waals surface area contributed by atoms with Gasteiger partial charge >= 0.3 is 24.3 Å². The SMILES string of the molecule is CCN1CCC2(CN(Cc3cccnc3)CC23CCN(Cc2cccs2)CC3)C1=O.O=C(O)C(F)(F)F.O=C(O)C(F)(F)F. The number of aromatic nitrogens is 1. The Bertz CT molecular complexity index is 1230. The van der Waals surface area contributed by atoms with Crippen LogP contribution in [0.15, 0.2) is 42.0 Å². The number of aliphatic carboxylic acids is 2. The average Bonchev–Trinajstić information content (AvgIpc) is 3.65. The van der Waals surface area contributed by atoms with Crippen molar-refractivity contribution in [3.63, 3.8) is 0 Å². The molecule has 0 aliphatic carbocycles. The highest BCUT2D eigenvalue weighted by Gasteiger charge is 2.64. The summed E-state index contributed by atoms with van der Waals surface area (Å²) in [4.78, 5) is 44.4. The van der Waals surface area contributed by atoms with Gasteiger partial charge in [0.15, 0.2) is 0 Å². The fourth-order valence-electron chi connectivity index (χ4n) is 6.22. The van der Waals surface area contributed by atoms with Crippen LogP contribution in [0, 0.1) is 10.8 Å². The lowest BCUT2D eigenvalue weighted by molar-refractivity contribution is -0.193. The number of piperidine rings is 1. The van der Waals surface area contributed by atoms with E-state index in [1.54, 1.807) is 0 Å². The monoisotopic (exact) mass is 652 g/mol. The minimum atomic E-state index is -5.08. The Kier molecular flexibility index (Phi) is 11.4. The van der Waals surface area contributed by atoms with E-state index in [9.17, 15) is 31.1 Å². The number of fused-ring (bicyclic) bond motifs is 1. The number of halogens is 6. The molecule has 2 aromatic heterocycles. The van der Waals surface area contributed by atoms with E-state index >= 15 is 0 Å². The van der Waals surface area contributed by atoms with Gasteiger partial charge in [0.05, 0.1) is 5.41 Å². The minimum absolute atomic E-state index is 0.113. The zero-order valence-electron chi connectivity index (χ0n) is 23.9. The van der Waals surface area contributed by atoms with Crippen LogP contribution in [-0.4, -0.2) is 99.4 Å². The summed E-state index contributed by atoms with van der Waals surface area (Å²) in [5.74, 6) is -5.09. The number of amides is 1. The fourth-order valence-corrected chi connectivity index (χ4v) is 6.97. The van der Waals surface area contributed by atoms with E-state index < -0.39 is 24.3 Å². The predicted octanol–water partition coefficient (Wildman–Crippen LogP) is 4.75. The molecule has 44 heavy (non-hydrogen) atoms. The maximum atomic E-state index is 13.6. The number of hydrogen-bond acceptors (Lipinski definition) is 7. The molecule has 2 N–H and O–H groups in total. The van der Waals surface area contributed by atoms with Crippen LogP contribution in [0.25, 0.3) is 0 Å². The van der Waals surface area contributed by atoms with Crippen LogP contribution in [0.3, 0.4) is 0 Å². The summed E-state index contributed by atoms with van der Waals surface area (Å²) in [6.45, 7) is 9.97. The van der Waals surface area contributed by atoms with E-state index in [0.29, 0.717) is 5.91 Å². The van der Waals surface area contributed by atoms with E-state index in [4.69, 9.17) is 19.8 Å². The van der Waals surface area contributed by atoms with Crippen LogP contribution in [0.1, 0.15) is 36.6 Å². The van der Waals surface area contributed by atoms with E-state index in [0.717, 1.165) is 71.6 Å². The number of hydrogen-bond donors (Lipinski definition) is 2. The van der Waals surface area contributed by atoms with Crippen LogP contribution in [0.2, 0.25) is 0 Å². The average molecular weight is 653 g/mol. The Balaban J connectivity index is 0.000000317. The molecule has 0 bridgehead atoms. The summed E-state index contributed by atoms with van der Waals surface area (Å²) >= 11 is 1.85. The van der Waals surface area contributed by atoms with Gasteiger partial charge in [-0.1, -0.05) is 12.1 Å². The molecule has 3 aliphatic rings. The molecule has 16 heteroatoms. The zero-order chi connectivity index (χ0) is 32.8. The summed E-state index contributed by atoms with van der Waals surface area (Å²) in [6.07, 6.45) is -3.08. The molecule has 3 aliphatic heterocycles. The Morgan fingerprint density at radius 3 is 1.98 bits per heavy atom. The third-order valence-electron chi connectivity index (χ3n) is 8.31.